The molecule has 0 atom stereocenters. The number of rotatable bonds is 2. The van der Waals surface area contributed by atoms with E-state index in [4.69, 9.17) is 0 Å². The van der Waals surface area contributed by atoms with Gasteiger partial charge in [0.15, 0.2) is 5.65 Å². The van der Waals surface area contributed by atoms with E-state index in [9.17, 15) is 0 Å². The number of nitrogens with zero attached hydrogens (tertiary/aromatic N) is 2. The maximum absolute atomic E-state index is 4.18. The lowest BCUT2D eigenvalue weighted by Crippen LogP contribution is -2.05. The summed E-state index contributed by atoms with van der Waals surface area (Å²) in [5.74, 6) is 0. The molecule has 4 nitrogen and oxygen atoms in total. The Morgan fingerprint density at radius 2 is 2.42 bits per heavy atom. The number of aromatic nitrogens is 3. The van der Waals surface area contributed by atoms with E-state index in [1.165, 1.54) is 0 Å². The van der Waals surface area contributed by atoms with E-state index in [1.807, 2.05) is 19.3 Å². The summed E-state index contributed by atoms with van der Waals surface area (Å²) >= 11 is 0. The van der Waals surface area contributed by atoms with E-state index >= 15 is 0 Å². The molecule has 0 bridgehead atoms. The molecule has 0 saturated heterocycles. The van der Waals surface area contributed by atoms with Crippen LogP contribution in [0.15, 0.2) is 18.6 Å². The quantitative estimate of drug-likeness (QED) is 0.682. The fourth-order valence-corrected chi connectivity index (χ4v) is 1.17. The van der Waals surface area contributed by atoms with Crippen molar-refractivity contribution in [2.24, 2.45) is 0 Å². The Hall–Kier alpha value is -1.42. The minimum Gasteiger partial charge on any atom is -0.343 e. The van der Waals surface area contributed by atoms with Gasteiger partial charge in [0, 0.05) is 12.7 Å². The molecule has 0 aromatic carbocycles. The SMILES string of the molecule is CNCc1cnc2nc[nH]c2c1. The van der Waals surface area contributed by atoms with Crippen LogP contribution in [0, 0.1) is 0 Å². The van der Waals surface area contributed by atoms with Crippen LogP contribution in [0.2, 0.25) is 0 Å². The highest BCUT2D eigenvalue weighted by atomic mass is 14.9. The van der Waals surface area contributed by atoms with Crippen molar-refractivity contribution in [2.75, 3.05) is 7.05 Å². The number of H-pyrrole nitrogens is 1. The number of hydrogen-bond acceptors (Lipinski definition) is 3. The van der Waals surface area contributed by atoms with Gasteiger partial charge in [-0.05, 0) is 18.7 Å². The van der Waals surface area contributed by atoms with Gasteiger partial charge in [-0.2, -0.15) is 0 Å². The first-order chi connectivity index (χ1) is 5.90. The Labute approximate surface area is 70.0 Å². The van der Waals surface area contributed by atoms with Crippen LogP contribution < -0.4 is 5.32 Å². The number of imidazole rings is 1. The van der Waals surface area contributed by atoms with Crippen molar-refractivity contribution in [1.29, 1.82) is 0 Å². The van der Waals surface area contributed by atoms with Gasteiger partial charge in [-0.1, -0.05) is 0 Å². The second-order valence-electron chi connectivity index (χ2n) is 2.65. The summed E-state index contributed by atoms with van der Waals surface area (Å²) in [5, 5.41) is 3.07. The summed E-state index contributed by atoms with van der Waals surface area (Å²) in [6, 6.07) is 2.05. The van der Waals surface area contributed by atoms with Crippen molar-refractivity contribution in [3.05, 3.63) is 24.2 Å². The van der Waals surface area contributed by atoms with Crippen LogP contribution in [0.1, 0.15) is 5.56 Å². The molecule has 0 aliphatic heterocycles. The van der Waals surface area contributed by atoms with Crippen LogP contribution >= 0.6 is 0 Å². The van der Waals surface area contributed by atoms with E-state index in [-0.39, 0.29) is 0 Å². The predicted molar refractivity (Wildman–Crippen MR) is 46.7 cm³/mol. The van der Waals surface area contributed by atoms with Crippen LogP contribution in [0.5, 0.6) is 0 Å². The van der Waals surface area contributed by atoms with Gasteiger partial charge in [-0.15, -0.1) is 0 Å². The molecule has 4 heteroatoms. The van der Waals surface area contributed by atoms with E-state index in [0.717, 1.165) is 23.3 Å². The molecule has 2 aromatic heterocycles. The molecule has 0 spiro atoms. The average molecular weight is 162 g/mol. The highest BCUT2D eigenvalue weighted by molar-refractivity contribution is 5.69. The number of aromatic amines is 1. The molecule has 0 amide bonds. The zero-order valence-electron chi connectivity index (χ0n) is 6.83. The standard InChI is InChI=1S/C8H10N4/c1-9-3-6-2-7-8(10-4-6)12-5-11-7/h2,4-5,9H,3H2,1H3,(H,10,11,12). The lowest BCUT2D eigenvalue weighted by Gasteiger charge is -1.97. The van der Waals surface area contributed by atoms with Crippen molar-refractivity contribution in [3.8, 4) is 0 Å². The number of pyridine rings is 1. The van der Waals surface area contributed by atoms with E-state index in [2.05, 4.69) is 20.3 Å². The Balaban J connectivity index is 2.46. The maximum atomic E-state index is 4.18. The zero-order chi connectivity index (χ0) is 8.39. The number of fused-ring (bicyclic) bond motifs is 1. The Kier molecular flexibility index (Phi) is 1.75. The molecule has 2 aromatic rings. The third-order valence-corrected chi connectivity index (χ3v) is 1.71. The molecule has 2 heterocycles. The maximum Gasteiger partial charge on any atom is 0.177 e. The minimum absolute atomic E-state index is 0.773. The lowest BCUT2D eigenvalue weighted by molar-refractivity contribution is 0.815. The monoisotopic (exact) mass is 162 g/mol. The molecule has 0 saturated carbocycles. The van der Waals surface area contributed by atoms with Crippen molar-refractivity contribution in [3.63, 3.8) is 0 Å². The van der Waals surface area contributed by atoms with E-state index in [0.29, 0.717) is 0 Å². The summed E-state index contributed by atoms with van der Waals surface area (Å²) in [5.41, 5.74) is 2.92. The molecule has 0 aliphatic rings. The minimum atomic E-state index is 0.773. The molecule has 0 fully saturated rings. The van der Waals surface area contributed by atoms with Gasteiger partial charge < -0.3 is 10.3 Å². The lowest BCUT2D eigenvalue weighted by atomic mass is 10.3. The van der Waals surface area contributed by atoms with Crippen LogP contribution in [-0.2, 0) is 6.54 Å². The fraction of sp³-hybridized carbons (Fsp3) is 0.250. The molecule has 62 valence electrons. The highest BCUT2D eigenvalue weighted by Crippen LogP contribution is 2.07. The molecule has 2 N–H and O–H groups in total. The molecule has 12 heavy (non-hydrogen) atoms. The highest BCUT2D eigenvalue weighted by Gasteiger charge is 1.97. The average Bonchev–Trinajstić information content (AvgIpc) is 2.51. The van der Waals surface area contributed by atoms with Crippen LogP contribution in [0.25, 0.3) is 11.2 Å². The van der Waals surface area contributed by atoms with E-state index in [1.54, 1.807) is 6.33 Å². The second-order valence-corrected chi connectivity index (χ2v) is 2.65. The van der Waals surface area contributed by atoms with Crippen molar-refractivity contribution in [2.45, 2.75) is 6.54 Å². The first-order valence-corrected chi connectivity index (χ1v) is 3.83. The second kappa shape index (κ2) is 2.91. The summed E-state index contributed by atoms with van der Waals surface area (Å²) in [6.45, 7) is 0.835. The first-order valence-electron chi connectivity index (χ1n) is 3.83. The molecular formula is C8H10N4. The largest absolute Gasteiger partial charge is 0.343 e. The van der Waals surface area contributed by atoms with Crippen LogP contribution in [0.3, 0.4) is 0 Å². The third kappa shape index (κ3) is 1.16. The first kappa shape index (κ1) is 7.24. The summed E-state index contributed by atoms with van der Waals surface area (Å²) in [6.07, 6.45) is 3.49. The predicted octanol–water partition coefficient (Wildman–Crippen LogP) is 0.677. The Bertz CT molecular complexity index is 379. The molecule has 0 radical (unpaired) electrons. The fourth-order valence-electron chi connectivity index (χ4n) is 1.17. The molecule has 0 unspecified atom stereocenters. The van der Waals surface area contributed by atoms with Crippen LogP contribution in [-0.4, -0.2) is 22.0 Å². The smallest absolute Gasteiger partial charge is 0.177 e. The van der Waals surface area contributed by atoms with Gasteiger partial charge >= 0.3 is 0 Å². The number of nitrogens with one attached hydrogen (secondary N) is 2. The summed E-state index contributed by atoms with van der Waals surface area (Å²) in [7, 11) is 1.91. The van der Waals surface area contributed by atoms with Gasteiger partial charge in [0.2, 0.25) is 0 Å². The van der Waals surface area contributed by atoms with Gasteiger partial charge in [0.1, 0.15) is 0 Å². The van der Waals surface area contributed by atoms with Crippen molar-refractivity contribution in [1.82, 2.24) is 20.3 Å². The van der Waals surface area contributed by atoms with Crippen molar-refractivity contribution >= 4 is 11.2 Å². The molecule has 2 rings (SSSR count). The Morgan fingerprint density at radius 3 is 3.25 bits per heavy atom. The topological polar surface area (TPSA) is 53.6 Å². The Morgan fingerprint density at radius 1 is 1.50 bits per heavy atom. The molecular weight excluding hydrogens is 152 g/mol. The van der Waals surface area contributed by atoms with E-state index < -0.39 is 0 Å². The van der Waals surface area contributed by atoms with Crippen molar-refractivity contribution < 1.29 is 0 Å². The van der Waals surface area contributed by atoms with Gasteiger partial charge in [0.25, 0.3) is 0 Å². The zero-order valence-corrected chi connectivity index (χ0v) is 6.83. The number of hydrogen-bond donors (Lipinski definition) is 2. The summed E-state index contributed by atoms with van der Waals surface area (Å²) < 4.78 is 0. The van der Waals surface area contributed by atoms with Gasteiger partial charge in [0.05, 0.1) is 11.8 Å². The van der Waals surface area contributed by atoms with Gasteiger partial charge in [-0.3, -0.25) is 0 Å². The third-order valence-electron chi connectivity index (χ3n) is 1.71. The summed E-state index contributed by atoms with van der Waals surface area (Å²) in [4.78, 5) is 11.2. The normalized spacial score (nSPS) is 10.8. The van der Waals surface area contributed by atoms with Gasteiger partial charge in [-0.25, -0.2) is 9.97 Å². The van der Waals surface area contributed by atoms with Crippen LogP contribution in [0.4, 0.5) is 0 Å². The molecule has 0 aliphatic carbocycles.